The zero-order valence-electron chi connectivity index (χ0n) is 16.0. The lowest BCUT2D eigenvalue weighted by Crippen LogP contribution is -2.34. The summed E-state index contributed by atoms with van der Waals surface area (Å²) in [7, 11) is 0. The number of nitrogens with zero attached hydrogens (tertiary/aromatic N) is 2. The molecule has 5 heteroatoms. The standard InChI is InChI=1S/C23H23ClN2O2/c1-17(2)23(27)26(22-5-3-4-14-25-22)15-18-8-12-21(13-9-18)28-16-19-6-10-20(24)11-7-19/h3-14,17H,15-16H2,1-2H3. The van der Waals surface area contributed by atoms with Gasteiger partial charge in [0.05, 0.1) is 6.54 Å². The Bertz CT molecular complexity index is 894. The van der Waals surface area contributed by atoms with E-state index in [0.29, 0.717) is 24.0 Å². The molecule has 1 amide bonds. The van der Waals surface area contributed by atoms with E-state index in [1.807, 2.05) is 80.6 Å². The van der Waals surface area contributed by atoms with E-state index in [1.165, 1.54) is 0 Å². The van der Waals surface area contributed by atoms with E-state index < -0.39 is 0 Å². The summed E-state index contributed by atoms with van der Waals surface area (Å²) in [4.78, 5) is 18.7. The minimum Gasteiger partial charge on any atom is -0.489 e. The van der Waals surface area contributed by atoms with Crippen LogP contribution in [-0.2, 0) is 17.9 Å². The van der Waals surface area contributed by atoms with Gasteiger partial charge in [0.15, 0.2) is 0 Å². The predicted octanol–water partition coefficient (Wildman–Crippen LogP) is 5.50. The first-order valence-corrected chi connectivity index (χ1v) is 9.59. The lowest BCUT2D eigenvalue weighted by molar-refractivity contribution is -0.121. The van der Waals surface area contributed by atoms with Crippen LogP contribution < -0.4 is 9.64 Å². The second-order valence-electron chi connectivity index (χ2n) is 6.83. The van der Waals surface area contributed by atoms with Gasteiger partial charge in [0, 0.05) is 17.1 Å². The van der Waals surface area contributed by atoms with Crippen LogP contribution in [0.3, 0.4) is 0 Å². The highest BCUT2D eigenvalue weighted by Crippen LogP contribution is 2.20. The molecule has 0 unspecified atom stereocenters. The Morgan fingerprint density at radius 2 is 1.68 bits per heavy atom. The van der Waals surface area contributed by atoms with Crippen molar-refractivity contribution in [3.63, 3.8) is 0 Å². The summed E-state index contributed by atoms with van der Waals surface area (Å²) >= 11 is 5.90. The molecular formula is C23H23ClN2O2. The molecule has 0 spiro atoms. The van der Waals surface area contributed by atoms with Gasteiger partial charge in [0.2, 0.25) is 5.91 Å². The fourth-order valence-corrected chi connectivity index (χ4v) is 2.84. The highest BCUT2D eigenvalue weighted by molar-refractivity contribution is 6.30. The summed E-state index contributed by atoms with van der Waals surface area (Å²) < 4.78 is 5.83. The zero-order chi connectivity index (χ0) is 19.9. The molecule has 3 rings (SSSR count). The molecule has 0 aliphatic heterocycles. The van der Waals surface area contributed by atoms with Gasteiger partial charge in [-0.3, -0.25) is 9.69 Å². The number of benzene rings is 2. The smallest absolute Gasteiger partial charge is 0.231 e. The summed E-state index contributed by atoms with van der Waals surface area (Å²) in [5.41, 5.74) is 2.07. The maximum absolute atomic E-state index is 12.6. The van der Waals surface area contributed by atoms with E-state index in [2.05, 4.69) is 4.98 Å². The number of anilines is 1. The van der Waals surface area contributed by atoms with Crippen molar-refractivity contribution < 1.29 is 9.53 Å². The molecular weight excluding hydrogens is 372 g/mol. The number of aromatic nitrogens is 1. The topological polar surface area (TPSA) is 42.4 Å². The van der Waals surface area contributed by atoms with Crippen LogP contribution in [-0.4, -0.2) is 10.9 Å². The summed E-state index contributed by atoms with van der Waals surface area (Å²) in [5, 5.41) is 0.710. The number of carbonyl (C=O) groups is 1. The normalized spacial score (nSPS) is 10.7. The van der Waals surface area contributed by atoms with E-state index in [-0.39, 0.29) is 11.8 Å². The Balaban J connectivity index is 1.67. The molecule has 0 atom stereocenters. The fraction of sp³-hybridized carbons (Fsp3) is 0.217. The van der Waals surface area contributed by atoms with Crippen LogP contribution >= 0.6 is 11.6 Å². The van der Waals surface area contributed by atoms with Gasteiger partial charge in [-0.05, 0) is 47.5 Å². The van der Waals surface area contributed by atoms with Crippen molar-refractivity contribution in [3.8, 4) is 5.75 Å². The molecule has 0 N–H and O–H groups in total. The molecule has 0 aliphatic carbocycles. The highest BCUT2D eigenvalue weighted by Gasteiger charge is 2.20. The zero-order valence-corrected chi connectivity index (χ0v) is 16.8. The van der Waals surface area contributed by atoms with Crippen LogP contribution in [0.15, 0.2) is 72.9 Å². The Morgan fingerprint density at radius 1 is 1.00 bits per heavy atom. The molecule has 2 aromatic carbocycles. The maximum Gasteiger partial charge on any atom is 0.231 e. The first-order chi connectivity index (χ1) is 13.5. The van der Waals surface area contributed by atoms with Crippen molar-refractivity contribution in [1.82, 2.24) is 4.98 Å². The molecule has 0 radical (unpaired) electrons. The average Bonchev–Trinajstić information content (AvgIpc) is 2.72. The van der Waals surface area contributed by atoms with Crippen LogP contribution in [0, 0.1) is 5.92 Å². The third-order valence-electron chi connectivity index (χ3n) is 4.27. The number of carbonyl (C=O) groups excluding carboxylic acids is 1. The van der Waals surface area contributed by atoms with E-state index >= 15 is 0 Å². The molecule has 0 saturated heterocycles. The Kier molecular flexibility index (Phi) is 6.66. The van der Waals surface area contributed by atoms with Crippen molar-refractivity contribution >= 4 is 23.3 Å². The van der Waals surface area contributed by atoms with Crippen LogP contribution in [0.25, 0.3) is 0 Å². The van der Waals surface area contributed by atoms with Crippen LogP contribution in [0.1, 0.15) is 25.0 Å². The molecule has 3 aromatic rings. The molecule has 4 nitrogen and oxygen atoms in total. The molecule has 28 heavy (non-hydrogen) atoms. The number of rotatable bonds is 7. The minimum atomic E-state index is -0.107. The Hall–Kier alpha value is -2.85. The molecule has 0 fully saturated rings. The van der Waals surface area contributed by atoms with Gasteiger partial charge in [0.1, 0.15) is 18.2 Å². The number of amides is 1. The first kappa shape index (κ1) is 19.9. The van der Waals surface area contributed by atoms with Gasteiger partial charge in [-0.1, -0.05) is 55.8 Å². The lowest BCUT2D eigenvalue weighted by Gasteiger charge is -2.23. The van der Waals surface area contributed by atoms with E-state index in [4.69, 9.17) is 16.3 Å². The summed E-state index contributed by atoms with van der Waals surface area (Å²) in [6.45, 7) is 4.73. The van der Waals surface area contributed by atoms with Crippen molar-refractivity contribution in [2.75, 3.05) is 4.90 Å². The number of halogens is 1. The molecule has 0 aliphatic rings. The monoisotopic (exact) mass is 394 g/mol. The van der Waals surface area contributed by atoms with Gasteiger partial charge >= 0.3 is 0 Å². The number of hydrogen-bond donors (Lipinski definition) is 0. The SMILES string of the molecule is CC(C)C(=O)N(Cc1ccc(OCc2ccc(Cl)cc2)cc1)c1ccccn1. The Morgan fingerprint density at radius 3 is 2.29 bits per heavy atom. The van der Waals surface area contributed by atoms with Crippen molar-refractivity contribution in [2.45, 2.75) is 27.0 Å². The van der Waals surface area contributed by atoms with Crippen molar-refractivity contribution in [1.29, 1.82) is 0 Å². The van der Waals surface area contributed by atoms with Crippen LogP contribution in [0.5, 0.6) is 5.75 Å². The molecule has 0 bridgehead atoms. The second-order valence-corrected chi connectivity index (χ2v) is 7.26. The average molecular weight is 395 g/mol. The summed E-state index contributed by atoms with van der Waals surface area (Å²) in [6, 6.07) is 20.9. The molecule has 144 valence electrons. The summed E-state index contributed by atoms with van der Waals surface area (Å²) in [5.74, 6) is 1.37. The van der Waals surface area contributed by atoms with E-state index in [1.54, 1.807) is 11.1 Å². The van der Waals surface area contributed by atoms with Crippen LogP contribution in [0.4, 0.5) is 5.82 Å². The fourth-order valence-electron chi connectivity index (χ4n) is 2.72. The van der Waals surface area contributed by atoms with Crippen molar-refractivity contribution in [3.05, 3.63) is 89.1 Å². The van der Waals surface area contributed by atoms with Crippen LogP contribution in [0.2, 0.25) is 5.02 Å². The van der Waals surface area contributed by atoms with Gasteiger partial charge in [-0.2, -0.15) is 0 Å². The van der Waals surface area contributed by atoms with Gasteiger partial charge in [0.25, 0.3) is 0 Å². The van der Waals surface area contributed by atoms with Gasteiger partial charge in [-0.15, -0.1) is 0 Å². The van der Waals surface area contributed by atoms with E-state index in [9.17, 15) is 4.79 Å². The third kappa shape index (κ3) is 5.33. The second kappa shape index (κ2) is 9.38. The summed E-state index contributed by atoms with van der Waals surface area (Å²) in [6.07, 6.45) is 1.70. The van der Waals surface area contributed by atoms with Gasteiger partial charge in [-0.25, -0.2) is 4.98 Å². The Labute approximate surface area is 170 Å². The number of pyridine rings is 1. The lowest BCUT2D eigenvalue weighted by atomic mass is 10.1. The highest BCUT2D eigenvalue weighted by atomic mass is 35.5. The molecule has 1 aromatic heterocycles. The van der Waals surface area contributed by atoms with Crippen molar-refractivity contribution in [2.24, 2.45) is 5.92 Å². The van der Waals surface area contributed by atoms with E-state index in [0.717, 1.165) is 16.9 Å². The largest absolute Gasteiger partial charge is 0.489 e. The minimum absolute atomic E-state index is 0.0433. The quantitative estimate of drug-likeness (QED) is 0.531. The molecule has 1 heterocycles. The third-order valence-corrected chi connectivity index (χ3v) is 4.52. The predicted molar refractivity (Wildman–Crippen MR) is 112 cm³/mol. The maximum atomic E-state index is 12.6. The van der Waals surface area contributed by atoms with Gasteiger partial charge < -0.3 is 4.74 Å². The number of hydrogen-bond acceptors (Lipinski definition) is 3. The first-order valence-electron chi connectivity index (χ1n) is 9.21. The molecule has 0 saturated carbocycles. The number of ether oxygens (including phenoxy) is 1.